The van der Waals surface area contributed by atoms with Gasteiger partial charge in [-0.1, -0.05) is 45.4 Å². The summed E-state index contributed by atoms with van der Waals surface area (Å²) < 4.78 is 5.63. The topological polar surface area (TPSA) is 38.3 Å². The number of hydrogen-bond acceptors (Lipinski definition) is 2. The van der Waals surface area contributed by atoms with E-state index in [4.69, 9.17) is 4.74 Å². The highest BCUT2D eigenvalue weighted by Gasteiger charge is 2.12. The number of anilines is 1. The molecule has 1 amide bonds. The number of rotatable bonds is 8. The maximum absolute atomic E-state index is 12.5. The van der Waals surface area contributed by atoms with Crippen molar-refractivity contribution in [1.29, 1.82) is 0 Å². The minimum absolute atomic E-state index is 0.0918. The van der Waals surface area contributed by atoms with Crippen LogP contribution in [0.25, 0.3) is 0 Å². The molecule has 0 aliphatic heterocycles. The number of benzene rings is 2. The summed E-state index contributed by atoms with van der Waals surface area (Å²) in [6, 6.07) is 15.3. The Hall–Kier alpha value is -2.29. The van der Waals surface area contributed by atoms with Gasteiger partial charge in [-0.2, -0.15) is 0 Å². The molecule has 2 aromatic rings. The smallest absolute Gasteiger partial charge is 0.255 e. The molecule has 0 bridgehead atoms. The Bertz CT molecular complexity index is 649. The van der Waals surface area contributed by atoms with Crippen LogP contribution in [0, 0.1) is 0 Å². The highest BCUT2D eigenvalue weighted by molar-refractivity contribution is 6.04. The molecule has 2 aromatic carbocycles. The Morgan fingerprint density at radius 1 is 1.08 bits per heavy atom. The number of unbranched alkanes of at least 4 members (excludes halogenated alkanes) is 1. The first-order valence-corrected chi connectivity index (χ1v) is 8.78. The summed E-state index contributed by atoms with van der Waals surface area (Å²) in [6.45, 7) is 7.17. The standard InChI is InChI=1S/C21H27NO2/c1-4-6-15-24-18-13-11-17(12-14-18)21(23)22-20-10-8-7-9-19(20)16(3)5-2/h7-14,16H,4-6,15H2,1-3H3,(H,22,23)/t16-/m0/s1. The molecule has 0 aromatic heterocycles. The summed E-state index contributed by atoms with van der Waals surface area (Å²) in [4.78, 5) is 12.5. The first-order chi connectivity index (χ1) is 11.7. The van der Waals surface area contributed by atoms with Crippen molar-refractivity contribution in [1.82, 2.24) is 0 Å². The normalized spacial score (nSPS) is 11.8. The predicted octanol–water partition coefficient (Wildman–Crippen LogP) is 5.63. The van der Waals surface area contributed by atoms with E-state index in [-0.39, 0.29) is 5.91 Å². The first kappa shape index (κ1) is 18.1. The van der Waals surface area contributed by atoms with Gasteiger partial charge in [0, 0.05) is 11.3 Å². The zero-order valence-electron chi connectivity index (χ0n) is 14.8. The third kappa shape index (κ3) is 4.85. The molecule has 0 aliphatic carbocycles. The van der Waals surface area contributed by atoms with E-state index in [1.165, 1.54) is 5.56 Å². The second kappa shape index (κ2) is 9.11. The lowest BCUT2D eigenvalue weighted by Gasteiger charge is -2.15. The van der Waals surface area contributed by atoms with Crippen LogP contribution in [0.2, 0.25) is 0 Å². The van der Waals surface area contributed by atoms with E-state index >= 15 is 0 Å². The number of ether oxygens (including phenoxy) is 1. The van der Waals surface area contributed by atoms with Gasteiger partial charge >= 0.3 is 0 Å². The molecular weight excluding hydrogens is 298 g/mol. The Morgan fingerprint density at radius 3 is 2.46 bits per heavy atom. The molecule has 1 atom stereocenters. The lowest BCUT2D eigenvalue weighted by Crippen LogP contribution is -2.13. The Kier molecular flexibility index (Phi) is 6.86. The minimum Gasteiger partial charge on any atom is -0.494 e. The van der Waals surface area contributed by atoms with Crippen LogP contribution in [-0.2, 0) is 0 Å². The average molecular weight is 325 g/mol. The number of nitrogens with one attached hydrogen (secondary N) is 1. The second-order valence-electron chi connectivity index (χ2n) is 6.08. The fourth-order valence-electron chi connectivity index (χ4n) is 2.49. The molecular formula is C21H27NO2. The fourth-order valence-corrected chi connectivity index (χ4v) is 2.49. The van der Waals surface area contributed by atoms with Gasteiger partial charge in [-0.05, 0) is 54.7 Å². The fraction of sp³-hybridized carbons (Fsp3) is 0.381. The average Bonchev–Trinajstić information content (AvgIpc) is 2.62. The number of para-hydroxylation sites is 1. The van der Waals surface area contributed by atoms with Crippen molar-refractivity contribution in [3.05, 3.63) is 59.7 Å². The van der Waals surface area contributed by atoms with E-state index in [9.17, 15) is 4.79 Å². The van der Waals surface area contributed by atoms with Gasteiger partial charge in [0.05, 0.1) is 6.61 Å². The molecule has 0 heterocycles. The van der Waals surface area contributed by atoms with Crippen LogP contribution < -0.4 is 10.1 Å². The zero-order chi connectivity index (χ0) is 17.4. The van der Waals surface area contributed by atoms with Crippen molar-refractivity contribution >= 4 is 11.6 Å². The van der Waals surface area contributed by atoms with E-state index in [1.807, 2.05) is 42.5 Å². The number of hydrogen-bond donors (Lipinski definition) is 1. The molecule has 24 heavy (non-hydrogen) atoms. The highest BCUT2D eigenvalue weighted by atomic mass is 16.5. The number of amides is 1. The molecule has 3 heteroatoms. The van der Waals surface area contributed by atoms with Crippen LogP contribution in [0.15, 0.2) is 48.5 Å². The summed E-state index contributed by atoms with van der Waals surface area (Å²) in [5, 5.41) is 3.03. The van der Waals surface area contributed by atoms with Crippen molar-refractivity contribution in [2.24, 2.45) is 0 Å². The second-order valence-corrected chi connectivity index (χ2v) is 6.08. The van der Waals surface area contributed by atoms with Crippen LogP contribution in [-0.4, -0.2) is 12.5 Å². The van der Waals surface area contributed by atoms with Crippen LogP contribution in [0.5, 0.6) is 5.75 Å². The van der Waals surface area contributed by atoms with E-state index < -0.39 is 0 Å². The molecule has 0 aliphatic rings. The maximum atomic E-state index is 12.5. The molecule has 1 N–H and O–H groups in total. The SMILES string of the molecule is CCCCOc1ccc(C(=O)Nc2ccccc2[C@@H](C)CC)cc1. The maximum Gasteiger partial charge on any atom is 0.255 e. The van der Waals surface area contributed by atoms with E-state index in [0.29, 0.717) is 18.1 Å². The van der Waals surface area contributed by atoms with Gasteiger partial charge in [-0.25, -0.2) is 0 Å². The van der Waals surface area contributed by atoms with Crippen molar-refractivity contribution in [2.45, 2.75) is 46.0 Å². The third-order valence-electron chi connectivity index (χ3n) is 4.24. The van der Waals surface area contributed by atoms with E-state index in [0.717, 1.165) is 30.7 Å². The van der Waals surface area contributed by atoms with Crippen LogP contribution in [0.1, 0.15) is 61.9 Å². The van der Waals surface area contributed by atoms with Gasteiger partial charge in [0.2, 0.25) is 0 Å². The Morgan fingerprint density at radius 2 is 1.79 bits per heavy atom. The number of carbonyl (C=O) groups is 1. The van der Waals surface area contributed by atoms with Crippen molar-refractivity contribution < 1.29 is 9.53 Å². The van der Waals surface area contributed by atoms with Gasteiger partial charge in [0.1, 0.15) is 5.75 Å². The van der Waals surface area contributed by atoms with Crippen molar-refractivity contribution in [3.63, 3.8) is 0 Å². The van der Waals surface area contributed by atoms with Gasteiger partial charge in [-0.3, -0.25) is 4.79 Å². The van der Waals surface area contributed by atoms with Gasteiger partial charge in [0.15, 0.2) is 0 Å². The molecule has 128 valence electrons. The summed E-state index contributed by atoms with van der Waals surface area (Å²) in [6.07, 6.45) is 3.18. The quantitative estimate of drug-likeness (QED) is 0.639. The van der Waals surface area contributed by atoms with Gasteiger partial charge < -0.3 is 10.1 Å². The lowest BCUT2D eigenvalue weighted by molar-refractivity contribution is 0.102. The molecule has 3 nitrogen and oxygen atoms in total. The minimum atomic E-state index is -0.0918. The molecule has 0 radical (unpaired) electrons. The Labute approximate surface area is 145 Å². The van der Waals surface area contributed by atoms with Gasteiger partial charge in [-0.15, -0.1) is 0 Å². The van der Waals surface area contributed by atoms with E-state index in [2.05, 4.69) is 32.2 Å². The number of carbonyl (C=O) groups excluding carboxylic acids is 1. The predicted molar refractivity (Wildman–Crippen MR) is 99.9 cm³/mol. The van der Waals surface area contributed by atoms with E-state index in [1.54, 1.807) is 0 Å². The molecule has 0 saturated carbocycles. The monoisotopic (exact) mass is 325 g/mol. The largest absolute Gasteiger partial charge is 0.494 e. The highest BCUT2D eigenvalue weighted by Crippen LogP contribution is 2.27. The summed E-state index contributed by atoms with van der Waals surface area (Å²) in [5.74, 6) is 1.13. The summed E-state index contributed by atoms with van der Waals surface area (Å²) in [5.41, 5.74) is 2.70. The molecule has 0 spiro atoms. The zero-order valence-corrected chi connectivity index (χ0v) is 14.8. The summed E-state index contributed by atoms with van der Waals surface area (Å²) >= 11 is 0. The third-order valence-corrected chi connectivity index (χ3v) is 4.24. The van der Waals surface area contributed by atoms with Gasteiger partial charge in [0.25, 0.3) is 5.91 Å². The Balaban J connectivity index is 2.05. The first-order valence-electron chi connectivity index (χ1n) is 8.78. The summed E-state index contributed by atoms with van der Waals surface area (Å²) in [7, 11) is 0. The lowest BCUT2D eigenvalue weighted by atomic mass is 9.97. The van der Waals surface area contributed by atoms with Crippen molar-refractivity contribution in [2.75, 3.05) is 11.9 Å². The van der Waals surface area contributed by atoms with Crippen LogP contribution >= 0.6 is 0 Å². The molecule has 0 fully saturated rings. The van der Waals surface area contributed by atoms with Crippen LogP contribution in [0.4, 0.5) is 5.69 Å². The van der Waals surface area contributed by atoms with Crippen LogP contribution in [0.3, 0.4) is 0 Å². The molecule has 0 unspecified atom stereocenters. The molecule has 2 rings (SSSR count). The molecule has 0 saturated heterocycles. The van der Waals surface area contributed by atoms with Crippen molar-refractivity contribution in [3.8, 4) is 5.75 Å².